The molecule has 8 nitrogen and oxygen atoms in total. The molecule has 1 aliphatic heterocycles. The predicted octanol–water partition coefficient (Wildman–Crippen LogP) is 5.02. The smallest absolute Gasteiger partial charge is 0.372 e. The van der Waals surface area contributed by atoms with Crippen molar-refractivity contribution in [2.45, 2.75) is 80.6 Å². The fourth-order valence-electron chi connectivity index (χ4n) is 4.29. The number of hydrogen-bond acceptors (Lipinski definition) is 6. The SMILES string of the molecule is C=C[C-]=C(C)C=N.Cc1ncc(NC(=O)CN2CCCCC2)cc1NC=O.[CH-]=C(/C(C=C)=C/C=C(/C(=O)CC)C(C)CC)C(C)C.[Na+]. The minimum atomic E-state index is -0.0467. The van der Waals surface area contributed by atoms with Crippen LogP contribution in [-0.4, -0.2) is 53.8 Å². The van der Waals surface area contributed by atoms with Gasteiger partial charge in [-0.15, -0.1) is 24.3 Å². The summed E-state index contributed by atoms with van der Waals surface area (Å²) in [4.78, 5) is 40.7. The molecule has 2 amide bonds. The van der Waals surface area contributed by atoms with Crippen LogP contribution in [0.15, 0.2) is 72.0 Å². The van der Waals surface area contributed by atoms with Gasteiger partial charge in [0.15, 0.2) is 5.78 Å². The van der Waals surface area contributed by atoms with Crippen LogP contribution in [0.5, 0.6) is 0 Å². The molecule has 0 radical (unpaired) electrons. The van der Waals surface area contributed by atoms with Gasteiger partial charge in [-0.2, -0.15) is 24.3 Å². The molecule has 0 aromatic carbocycles. The Morgan fingerprint density at radius 1 is 1.15 bits per heavy atom. The van der Waals surface area contributed by atoms with Crippen LogP contribution in [0, 0.1) is 36.8 Å². The number of ketones is 1. The van der Waals surface area contributed by atoms with Crippen LogP contribution in [0.4, 0.5) is 11.4 Å². The molecule has 1 saturated heterocycles. The minimum absolute atomic E-state index is 0. The molecule has 252 valence electrons. The summed E-state index contributed by atoms with van der Waals surface area (Å²) in [6.07, 6.45) is 18.3. The third-order valence-electron chi connectivity index (χ3n) is 7.35. The Balaban J connectivity index is 0. The normalized spacial score (nSPS) is 14.1. The first kappa shape index (κ1) is 46.0. The number of carbonyl (C=O) groups is 3. The van der Waals surface area contributed by atoms with Crippen LogP contribution in [0.3, 0.4) is 0 Å². The molecule has 1 aliphatic rings. The molecule has 0 spiro atoms. The fraction of sp³-hybridized carbons (Fsp3) is 0.447. The second-order valence-electron chi connectivity index (χ2n) is 11.3. The van der Waals surface area contributed by atoms with Gasteiger partial charge in [0, 0.05) is 6.42 Å². The molecule has 2 rings (SSSR count). The van der Waals surface area contributed by atoms with Gasteiger partial charge in [0.2, 0.25) is 12.3 Å². The summed E-state index contributed by atoms with van der Waals surface area (Å²) < 4.78 is 0. The molecule has 0 saturated carbocycles. The number of pyridine rings is 1. The maximum Gasteiger partial charge on any atom is 1.00 e. The van der Waals surface area contributed by atoms with E-state index in [9.17, 15) is 14.4 Å². The van der Waals surface area contributed by atoms with Crippen molar-refractivity contribution < 1.29 is 43.9 Å². The molecule has 47 heavy (non-hydrogen) atoms. The molecule has 9 heteroatoms. The quantitative estimate of drug-likeness (QED) is 0.0615. The maximum atomic E-state index is 12.0. The van der Waals surface area contributed by atoms with Gasteiger partial charge in [-0.25, -0.2) is 5.57 Å². The molecule has 1 atom stereocenters. The first-order valence-corrected chi connectivity index (χ1v) is 16.0. The number of amides is 2. The van der Waals surface area contributed by atoms with Crippen LogP contribution in [-0.2, 0) is 14.4 Å². The number of carbonyl (C=O) groups excluding carboxylic acids is 3. The molecule has 2 heterocycles. The van der Waals surface area contributed by atoms with E-state index in [0.717, 1.165) is 54.6 Å². The van der Waals surface area contributed by atoms with Gasteiger partial charge in [-0.3, -0.25) is 30.8 Å². The van der Waals surface area contributed by atoms with E-state index in [0.29, 0.717) is 36.4 Å². The molecular formula is C38H55N5NaO3-. The number of piperidine rings is 1. The summed E-state index contributed by atoms with van der Waals surface area (Å²) in [7, 11) is 0. The average Bonchev–Trinajstić information content (AvgIpc) is 3.05. The number of Topliss-reactive ketones (excluding diaryl/α,β-unsaturated/α-hetero) is 1. The number of aryl methyl sites for hydroxylation is 1. The van der Waals surface area contributed by atoms with Crippen molar-refractivity contribution in [1.82, 2.24) is 9.88 Å². The summed E-state index contributed by atoms with van der Waals surface area (Å²) in [5.74, 6) is 0.702. The van der Waals surface area contributed by atoms with Gasteiger partial charge in [0.25, 0.3) is 0 Å². The summed E-state index contributed by atoms with van der Waals surface area (Å²) in [6.45, 7) is 29.4. The van der Waals surface area contributed by atoms with Crippen molar-refractivity contribution in [3.63, 3.8) is 0 Å². The third-order valence-corrected chi connectivity index (χ3v) is 7.35. The second kappa shape index (κ2) is 26.9. The molecule has 0 bridgehead atoms. The van der Waals surface area contributed by atoms with E-state index in [1.54, 1.807) is 38.3 Å². The zero-order valence-electron chi connectivity index (χ0n) is 30.0. The first-order chi connectivity index (χ1) is 21.9. The first-order valence-electron chi connectivity index (χ1n) is 16.0. The van der Waals surface area contributed by atoms with Crippen molar-refractivity contribution in [2.75, 3.05) is 30.3 Å². The van der Waals surface area contributed by atoms with Gasteiger partial charge in [-0.1, -0.05) is 66.2 Å². The van der Waals surface area contributed by atoms with Crippen molar-refractivity contribution in [2.24, 2.45) is 11.8 Å². The zero-order chi connectivity index (χ0) is 35.1. The van der Waals surface area contributed by atoms with Crippen LogP contribution in [0.1, 0.15) is 79.3 Å². The van der Waals surface area contributed by atoms with E-state index < -0.39 is 0 Å². The average molecular weight is 653 g/mol. The number of allylic oxidation sites excluding steroid dienone is 9. The monoisotopic (exact) mass is 652 g/mol. The number of hydrogen-bond donors (Lipinski definition) is 3. The van der Waals surface area contributed by atoms with Gasteiger partial charge < -0.3 is 16.0 Å². The molecule has 0 aliphatic carbocycles. The fourth-order valence-corrected chi connectivity index (χ4v) is 4.29. The van der Waals surface area contributed by atoms with Gasteiger partial charge in [0.1, 0.15) is 0 Å². The number of anilines is 2. The van der Waals surface area contributed by atoms with E-state index in [1.165, 1.54) is 12.6 Å². The molecule has 1 aromatic rings. The molecule has 1 unspecified atom stereocenters. The summed E-state index contributed by atoms with van der Waals surface area (Å²) in [6, 6.07) is 1.71. The van der Waals surface area contributed by atoms with Crippen LogP contribution < -0.4 is 40.2 Å². The Hall–Kier alpha value is -3.17. The van der Waals surface area contributed by atoms with Crippen molar-refractivity contribution in [1.29, 1.82) is 5.41 Å². The molecule has 1 fully saturated rings. The van der Waals surface area contributed by atoms with Gasteiger partial charge in [-0.05, 0) is 56.8 Å². The number of aromatic nitrogens is 1. The molecular weight excluding hydrogens is 597 g/mol. The topological polar surface area (TPSA) is 115 Å². The summed E-state index contributed by atoms with van der Waals surface area (Å²) in [5, 5.41) is 12.0. The van der Waals surface area contributed by atoms with Crippen LogP contribution >= 0.6 is 0 Å². The van der Waals surface area contributed by atoms with Crippen molar-refractivity contribution in [3.8, 4) is 0 Å². The van der Waals surface area contributed by atoms with Crippen LogP contribution in [0.2, 0.25) is 0 Å². The molecule has 3 N–H and O–H groups in total. The van der Waals surface area contributed by atoms with E-state index >= 15 is 0 Å². The Labute approximate surface area is 306 Å². The predicted molar refractivity (Wildman–Crippen MR) is 193 cm³/mol. The summed E-state index contributed by atoms with van der Waals surface area (Å²) in [5.41, 5.74) is 5.30. The van der Waals surface area contributed by atoms with Gasteiger partial charge in [0.05, 0.1) is 29.8 Å². The number of nitrogens with zero attached hydrogens (tertiary/aromatic N) is 2. The van der Waals surface area contributed by atoms with E-state index in [4.69, 9.17) is 12.0 Å². The Morgan fingerprint density at radius 2 is 1.79 bits per heavy atom. The maximum absolute atomic E-state index is 12.0. The number of rotatable bonds is 15. The Morgan fingerprint density at radius 3 is 2.26 bits per heavy atom. The zero-order valence-corrected chi connectivity index (χ0v) is 32.0. The van der Waals surface area contributed by atoms with Gasteiger partial charge >= 0.3 is 29.6 Å². The third kappa shape index (κ3) is 19.3. The second-order valence-corrected chi connectivity index (χ2v) is 11.3. The van der Waals surface area contributed by atoms with Crippen molar-refractivity contribution in [3.05, 3.63) is 90.4 Å². The standard InChI is InChI=1S/C18H27O.C14H20N4O2.C6H8N.Na/c1-8-14(6)17(18(19)10-3)12-11-16(9-2)15(7)13(4)5;1-11-13(16-10-19)7-12(8-15-11)17-14(20)9-18-5-3-2-4-6-18;1-3-4-6(2)5-7;/h7,9,11-14H,2,8,10H2,1,3-6H3;7-8,10H,2-6,9H2,1H3,(H,16,19)(H,17,20);3,5,7H,1H2,2H3;/q-1;;-1;+1/b16-11+,17-12+;;;. The Bertz CT molecular complexity index is 1270. The largest absolute Gasteiger partial charge is 1.00 e. The summed E-state index contributed by atoms with van der Waals surface area (Å²) >= 11 is 0. The van der Waals surface area contributed by atoms with E-state index in [-0.39, 0.29) is 53.1 Å². The number of nitrogens with one attached hydrogen (secondary N) is 3. The van der Waals surface area contributed by atoms with E-state index in [1.807, 2.05) is 32.9 Å². The Kier molecular flexibility index (Phi) is 26.3. The van der Waals surface area contributed by atoms with E-state index in [2.05, 4.69) is 53.6 Å². The minimum Gasteiger partial charge on any atom is -0.372 e. The van der Waals surface area contributed by atoms with Crippen LogP contribution in [0.25, 0.3) is 0 Å². The molecule has 1 aromatic heterocycles. The van der Waals surface area contributed by atoms with Crippen molar-refractivity contribution >= 4 is 35.7 Å². The number of likely N-dealkylation sites (tertiary alicyclic amines) is 1.